The van der Waals surface area contributed by atoms with Crippen molar-refractivity contribution in [3.8, 4) is 11.1 Å². The van der Waals surface area contributed by atoms with Gasteiger partial charge in [-0.3, -0.25) is 33.8 Å². The van der Waals surface area contributed by atoms with Crippen molar-refractivity contribution in [3.05, 3.63) is 192 Å². The van der Waals surface area contributed by atoms with Crippen LogP contribution < -0.4 is 31.9 Å². The second kappa shape index (κ2) is 24.5. The van der Waals surface area contributed by atoms with Gasteiger partial charge in [0.1, 0.15) is 30.2 Å². The third-order valence-electron chi connectivity index (χ3n) is 11.9. The van der Waals surface area contributed by atoms with E-state index in [0.717, 1.165) is 16.7 Å². The number of aryl methyl sites for hydroxylation is 1. The maximum absolute atomic E-state index is 14.8. The van der Waals surface area contributed by atoms with E-state index >= 15 is 0 Å². The number of rotatable bonds is 13. The first-order chi connectivity index (χ1) is 33.9. The molecule has 2 bridgehead atoms. The van der Waals surface area contributed by atoms with Crippen LogP contribution in [0.2, 0.25) is 0 Å². The molecule has 1 aromatic heterocycles. The fourth-order valence-corrected chi connectivity index (χ4v) is 8.12. The Morgan fingerprint density at radius 3 is 1.73 bits per heavy atom. The summed E-state index contributed by atoms with van der Waals surface area (Å²) in [4.78, 5) is 101. The highest BCUT2D eigenvalue weighted by molar-refractivity contribution is 5.97. The largest absolute Gasteiger partial charge is 0.480 e. The molecule has 2 aliphatic heterocycles. The van der Waals surface area contributed by atoms with Crippen molar-refractivity contribution in [2.45, 2.75) is 81.6 Å². The van der Waals surface area contributed by atoms with E-state index in [-0.39, 0.29) is 44.9 Å². The lowest BCUT2D eigenvalue weighted by Crippen LogP contribution is -2.60. The summed E-state index contributed by atoms with van der Waals surface area (Å²) in [5.41, 5.74) is 5.71. The van der Waals surface area contributed by atoms with Gasteiger partial charge in [-0.15, -0.1) is 0 Å². The molecular formula is C55H55N7O8. The number of hydrogen-bond acceptors (Lipinski definition) is 8. The third-order valence-corrected chi connectivity index (χ3v) is 11.9. The second-order valence-electron chi connectivity index (χ2n) is 17.2. The molecule has 8 rings (SSSR count). The average molecular weight is 942 g/mol. The molecule has 5 unspecified atom stereocenters. The van der Waals surface area contributed by atoms with Crippen molar-refractivity contribution in [1.82, 2.24) is 31.6 Å². The third kappa shape index (κ3) is 14.8. The number of anilines is 1. The molecule has 0 radical (unpaired) electrons. The summed E-state index contributed by atoms with van der Waals surface area (Å²) in [7, 11) is 0. The maximum Gasteiger partial charge on any atom is 0.326 e. The smallest absolute Gasteiger partial charge is 0.326 e. The van der Waals surface area contributed by atoms with Gasteiger partial charge in [-0.05, 0) is 70.0 Å². The molecule has 5 atom stereocenters. The first-order valence-corrected chi connectivity index (χ1v) is 23.2. The van der Waals surface area contributed by atoms with E-state index < -0.39 is 71.6 Å². The number of carboxylic acid groups (broad SMARTS) is 1. The quantitative estimate of drug-likeness (QED) is 0.0782. The monoisotopic (exact) mass is 941 g/mol. The van der Waals surface area contributed by atoms with E-state index in [9.17, 15) is 38.7 Å². The Morgan fingerprint density at radius 1 is 0.571 bits per heavy atom. The molecule has 0 spiro atoms. The first kappa shape index (κ1) is 49.4. The average Bonchev–Trinajstić information content (AvgIpc) is 3.37. The number of nitrogens with one attached hydrogen (secondary N) is 6. The highest BCUT2D eigenvalue weighted by atomic mass is 16.4. The normalized spacial score (nSPS) is 18.7. The van der Waals surface area contributed by atoms with Crippen LogP contribution in [0, 0.1) is 0 Å². The minimum Gasteiger partial charge on any atom is -0.480 e. The molecule has 70 heavy (non-hydrogen) atoms. The highest BCUT2D eigenvalue weighted by Crippen LogP contribution is 2.21. The van der Waals surface area contributed by atoms with Gasteiger partial charge in [0.15, 0.2) is 0 Å². The summed E-state index contributed by atoms with van der Waals surface area (Å²) in [6.45, 7) is 0. The van der Waals surface area contributed by atoms with Crippen molar-refractivity contribution in [2.75, 3.05) is 5.32 Å². The number of carboxylic acids is 1. The van der Waals surface area contributed by atoms with Gasteiger partial charge in [-0.2, -0.15) is 0 Å². The lowest BCUT2D eigenvalue weighted by molar-refractivity contribution is -0.142. The van der Waals surface area contributed by atoms with Gasteiger partial charge < -0.3 is 37.0 Å². The molecule has 0 fully saturated rings. The number of benzene rings is 5. The predicted molar refractivity (Wildman–Crippen MR) is 264 cm³/mol. The zero-order valence-electron chi connectivity index (χ0n) is 38.4. The Bertz CT molecular complexity index is 2730. The highest BCUT2D eigenvalue weighted by Gasteiger charge is 2.33. The van der Waals surface area contributed by atoms with E-state index in [0.29, 0.717) is 34.4 Å². The standard InChI is InChI=1S/C55H55N7O8/c63-49-28-29-50(64)58-44(27-22-36-11-4-1-5-12-36)51(65)59-46(32-38-18-23-42(24-19-38)41-16-8-3-9-17-41)53(67)60-45(31-37-13-6-2-7-14-37)52(66)61-47(33-39-20-25-43(57-49)26-21-39)54(68)62-48(55(69)70)34-40-15-10-30-56-35-40/h1-21,23-26,30,35,44-48H,22,27-29,31-34H2,(H,57,63)(H,58,64)(H,59,65)(H,60,67)(H,61,66)(H,62,68)(H,69,70). The van der Waals surface area contributed by atoms with Gasteiger partial charge in [0.05, 0.1) is 0 Å². The second-order valence-corrected chi connectivity index (χ2v) is 17.2. The SMILES string of the molecule is O=C1CCC(=O)NC(CCc2ccccc2)C(=O)NC(Cc2ccc(-c3ccccc3)cc2)C(=O)NC(Cc2ccccc2)C(=O)NC(C(=O)NC(Cc2cccnc2)C(=O)O)Cc2ccc(cc2)N1. The Kier molecular flexibility index (Phi) is 17.3. The predicted octanol–water partition coefficient (Wildman–Crippen LogP) is 4.89. The topological polar surface area (TPSA) is 225 Å². The maximum atomic E-state index is 14.8. The van der Waals surface area contributed by atoms with E-state index in [1.165, 1.54) is 6.20 Å². The number of hydrogen-bond donors (Lipinski definition) is 7. The minimum atomic E-state index is -1.39. The number of carbonyl (C=O) groups is 7. The molecular weight excluding hydrogens is 887 g/mol. The molecule has 15 nitrogen and oxygen atoms in total. The number of nitrogens with zero attached hydrogens (tertiary/aromatic N) is 1. The molecule has 358 valence electrons. The Labute approximate surface area is 405 Å². The number of fused-ring (bicyclic) bond motifs is 18. The summed E-state index contributed by atoms with van der Waals surface area (Å²) in [6, 6.07) is 39.0. The number of aromatic nitrogens is 1. The van der Waals surface area contributed by atoms with Crippen LogP contribution in [-0.4, -0.2) is 81.7 Å². The van der Waals surface area contributed by atoms with E-state index in [2.05, 4.69) is 36.9 Å². The number of pyridine rings is 1. The van der Waals surface area contributed by atoms with Gasteiger partial charge in [-0.1, -0.05) is 133 Å². The molecule has 2 aliphatic rings. The van der Waals surface area contributed by atoms with Crippen LogP contribution in [-0.2, 0) is 65.7 Å². The van der Waals surface area contributed by atoms with Gasteiger partial charge in [-0.25, -0.2) is 4.79 Å². The van der Waals surface area contributed by atoms with Crippen molar-refractivity contribution in [3.63, 3.8) is 0 Å². The lowest BCUT2D eigenvalue weighted by atomic mass is 9.98. The minimum absolute atomic E-state index is 0.0137. The molecule has 5 aromatic carbocycles. The molecule has 0 saturated heterocycles. The number of aliphatic carboxylic acids is 1. The Hall–Kier alpha value is -8.46. The van der Waals surface area contributed by atoms with Crippen molar-refractivity contribution in [2.24, 2.45) is 0 Å². The number of amides is 6. The zero-order chi connectivity index (χ0) is 49.2. The van der Waals surface area contributed by atoms with Crippen LogP contribution in [0.25, 0.3) is 11.1 Å². The molecule has 7 N–H and O–H groups in total. The van der Waals surface area contributed by atoms with Crippen LogP contribution in [0.3, 0.4) is 0 Å². The number of carbonyl (C=O) groups excluding carboxylic acids is 6. The fraction of sp³-hybridized carbons (Fsp3) is 0.236. The first-order valence-electron chi connectivity index (χ1n) is 23.2. The summed E-state index contributed by atoms with van der Waals surface area (Å²) in [5, 5.41) is 26.9. The molecule has 0 saturated carbocycles. The van der Waals surface area contributed by atoms with E-state index in [4.69, 9.17) is 0 Å². The van der Waals surface area contributed by atoms with Gasteiger partial charge in [0.25, 0.3) is 0 Å². The van der Waals surface area contributed by atoms with Crippen LogP contribution >= 0.6 is 0 Å². The molecule has 6 aromatic rings. The summed E-state index contributed by atoms with van der Waals surface area (Å²) >= 11 is 0. The zero-order valence-corrected chi connectivity index (χ0v) is 38.4. The van der Waals surface area contributed by atoms with Crippen LogP contribution in [0.4, 0.5) is 5.69 Å². The van der Waals surface area contributed by atoms with E-state index in [1.807, 2.05) is 84.9 Å². The summed E-state index contributed by atoms with van der Waals surface area (Å²) in [5.74, 6) is -5.23. The molecule has 0 aliphatic carbocycles. The van der Waals surface area contributed by atoms with Crippen molar-refractivity contribution in [1.29, 1.82) is 0 Å². The van der Waals surface area contributed by atoms with Crippen LogP contribution in [0.15, 0.2) is 164 Å². The summed E-state index contributed by atoms with van der Waals surface area (Å²) in [6.07, 6.45) is 2.92. The molecule has 15 heteroatoms. The lowest BCUT2D eigenvalue weighted by Gasteiger charge is -2.27. The van der Waals surface area contributed by atoms with Crippen LogP contribution in [0.5, 0.6) is 0 Å². The van der Waals surface area contributed by atoms with E-state index in [1.54, 1.807) is 72.9 Å². The Balaban J connectivity index is 1.23. The fourth-order valence-electron chi connectivity index (χ4n) is 8.12. The van der Waals surface area contributed by atoms with Crippen molar-refractivity contribution < 1.29 is 38.7 Å². The molecule has 3 heterocycles. The van der Waals surface area contributed by atoms with Crippen molar-refractivity contribution >= 4 is 47.1 Å². The van der Waals surface area contributed by atoms with Crippen LogP contribution in [0.1, 0.15) is 47.1 Å². The Morgan fingerprint density at radius 2 is 1.11 bits per heavy atom. The van der Waals surface area contributed by atoms with Gasteiger partial charge in [0.2, 0.25) is 35.4 Å². The van der Waals surface area contributed by atoms with Gasteiger partial charge in [0, 0.05) is 56.6 Å². The summed E-state index contributed by atoms with van der Waals surface area (Å²) < 4.78 is 0. The molecule has 6 amide bonds. The van der Waals surface area contributed by atoms with Gasteiger partial charge >= 0.3 is 5.97 Å².